The van der Waals surface area contributed by atoms with Crippen LogP contribution in [0.25, 0.3) is 6.08 Å². The summed E-state index contributed by atoms with van der Waals surface area (Å²) in [5, 5.41) is 11.3. The van der Waals surface area contributed by atoms with Gasteiger partial charge in [0, 0.05) is 24.0 Å². The van der Waals surface area contributed by atoms with Crippen molar-refractivity contribution < 1.29 is 18.8 Å². The number of ether oxygens (including phenoxy) is 1. The lowest BCUT2D eigenvalue weighted by atomic mass is 10.1. The summed E-state index contributed by atoms with van der Waals surface area (Å²) in [5.74, 6) is -0.412. The summed E-state index contributed by atoms with van der Waals surface area (Å²) in [5.41, 5.74) is 0.611. The van der Waals surface area contributed by atoms with Gasteiger partial charge in [-0.15, -0.1) is 0 Å². The van der Waals surface area contributed by atoms with Crippen LogP contribution in [0.3, 0.4) is 0 Å². The Labute approximate surface area is 153 Å². The molecule has 2 aromatic carbocycles. The second kappa shape index (κ2) is 8.01. The van der Waals surface area contributed by atoms with Gasteiger partial charge in [-0.3, -0.25) is 19.9 Å². The van der Waals surface area contributed by atoms with Gasteiger partial charge in [0.15, 0.2) is 5.78 Å². The average Bonchev–Trinajstić information content (AvgIpc) is 2.69. The zero-order valence-corrected chi connectivity index (χ0v) is 13.9. The number of ketones is 1. The van der Waals surface area contributed by atoms with E-state index in [4.69, 9.17) is 4.74 Å². The number of allylic oxidation sites excluding steroid dienone is 1. The van der Waals surface area contributed by atoms with E-state index in [0.717, 1.165) is 0 Å². The van der Waals surface area contributed by atoms with Crippen LogP contribution in [0.4, 0.5) is 10.1 Å². The highest BCUT2D eigenvalue weighted by atomic mass is 19.1. The molecule has 134 valence electrons. The van der Waals surface area contributed by atoms with Crippen LogP contribution in [-0.2, 0) is 0 Å². The van der Waals surface area contributed by atoms with Crippen LogP contribution in [0.2, 0.25) is 0 Å². The summed E-state index contributed by atoms with van der Waals surface area (Å²) in [4.78, 5) is 26.7. The van der Waals surface area contributed by atoms with Crippen molar-refractivity contribution in [3.8, 4) is 11.5 Å². The quantitative estimate of drug-likeness (QED) is 0.271. The SMILES string of the molecule is O=C(/C=C/c1ccc(Oc2ccc(F)cc2)c([N+](=O)[O-])c1)c1cccnc1. The first-order chi connectivity index (χ1) is 13.0. The number of nitro benzene ring substituents is 1. The Bertz CT molecular complexity index is 1000. The predicted octanol–water partition coefficient (Wildman–Crippen LogP) is 4.82. The molecule has 0 fully saturated rings. The Balaban J connectivity index is 1.83. The predicted molar refractivity (Wildman–Crippen MR) is 97.2 cm³/mol. The Morgan fingerprint density at radius 2 is 1.93 bits per heavy atom. The molecule has 0 amide bonds. The van der Waals surface area contributed by atoms with Crippen molar-refractivity contribution in [3.63, 3.8) is 0 Å². The molecule has 0 saturated carbocycles. The van der Waals surface area contributed by atoms with Gasteiger partial charge in [0.25, 0.3) is 0 Å². The monoisotopic (exact) mass is 364 g/mol. The lowest BCUT2D eigenvalue weighted by Crippen LogP contribution is -1.95. The van der Waals surface area contributed by atoms with Crippen molar-refractivity contribution in [2.24, 2.45) is 0 Å². The largest absolute Gasteiger partial charge is 0.450 e. The van der Waals surface area contributed by atoms with Crippen LogP contribution in [0.15, 0.2) is 73.1 Å². The van der Waals surface area contributed by atoms with Crippen molar-refractivity contribution in [1.82, 2.24) is 4.98 Å². The van der Waals surface area contributed by atoms with Gasteiger partial charge in [-0.25, -0.2) is 4.39 Å². The molecule has 3 rings (SSSR count). The summed E-state index contributed by atoms with van der Waals surface area (Å²) in [6.45, 7) is 0. The number of rotatable bonds is 6. The van der Waals surface area contributed by atoms with E-state index in [1.54, 1.807) is 24.4 Å². The number of hydrogen-bond donors (Lipinski definition) is 0. The third-order valence-corrected chi connectivity index (χ3v) is 3.59. The third-order valence-electron chi connectivity index (χ3n) is 3.59. The molecule has 3 aromatic rings. The molecule has 0 aliphatic carbocycles. The maximum absolute atomic E-state index is 13.0. The zero-order valence-electron chi connectivity index (χ0n) is 13.9. The fourth-order valence-corrected chi connectivity index (χ4v) is 2.27. The van der Waals surface area contributed by atoms with E-state index < -0.39 is 10.7 Å². The van der Waals surface area contributed by atoms with Crippen molar-refractivity contribution in [3.05, 3.63) is 100 Å². The summed E-state index contributed by atoms with van der Waals surface area (Å²) in [7, 11) is 0. The van der Waals surface area contributed by atoms with Gasteiger partial charge in [-0.2, -0.15) is 0 Å². The molecule has 0 bridgehead atoms. The Kier molecular flexibility index (Phi) is 5.32. The summed E-state index contributed by atoms with van der Waals surface area (Å²) in [6.07, 6.45) is 5.79. The first-order valence-corrected chi connectivity index (χ1v) is 7.87. The minimum absolute atomic E-state index is 0.0161. The molecule has 6 nitrogen and oxygen atoms in total. The standard InChI is InChI=1S/C20H13FN2O4/c21-16-5-7-17(8-6-16)27-20-10-4-14(12-18(20)23(25)26)3-9-19(24)15-2-1-11-22-13-15/h1-13H/b9-3+. The maximum atomic E-state index is 13.0. The van der Waals surface area contributed by atoms with Gasteiger partial charge < -0.3 is 4.74 Å². The molecule has 27 heavy (non-hydrogen) atoms. The molecule has 7 heteroatoms. The molecule has 0 saturated heterocycles. The number of aromatic nitrogens is 1. The number of halogens is 1. The lowest BCUT2D eigenvalue weighted by molar-refractivity contribution is -0.385. The molecule has 0 spiro atoms. The van der Waals surface area contributed by atoms with E-state index in [-0.39, 0.29) is 23.0 Å². The lowest BCUT2D eigenvalue weighted by Gasteiger charge is -2.07. The summed E-state index contributed by atoms with van der Waals surface area (Å²) in [6, 6.07) is 12.7. The minimum Gasteiger partial charge on any atom is -0.450 e. The topological polar surface area (TPSA) is 82.3 Å². The van der Waals surface area contributed by atoms with Gasteiger partial charge in [0.05, 0.1) is 4.92 Å². The van der Waals surface area contributed by atoms with Crippen molar-refractivity contribution in [2.75, 3.05) is 0 Å². The van der Waals surface area contributed by atoms with Crippen LogP contribution in [0.1, 0.15) is 15.9 Å². The second-order valence-corrected chi connectivity index (χ2v) is 5.48. The first-order valence-electron chi connectivity index (χ1n) is 7.87. The second-order valence-electron chi connectivity index (χ2n) is 5.48. The van der Waals surface area contributed by atoms with Gasteiger partial charge in [0.1, 0.15) is 11.6 Å². The Morgan fingerprint density at radius 1 is 1.15 bits per heavy atom. The zero-order chi connectivity index (χ0) is 19.2. The fourth-order valence-electron chi connectivity index (χ4n) is 2.27. The highest BCUT2D eigenvalue weighted by Crippen LogP contribution is 2.32. The van der Waals surface area contributed by atoms with E-state index in [9.17, 15) is 19.3 Å². The highest BCUT2D eigenvalue weighted by molar-refractivity contribution is 6.06. The molecule has 1 aromatic heterocycles. The maximum Gasteiger partial charge on any atom is 0.312 e. The van der Waals surface area contributed by atoms with Crippen LogP contribution >= 0.6 is 0 Å². The number of carbonyl (C=O) groups is 1. The number of carbonyl (C=O) groups excluding carboxylic acids is 1. The number of benzene rings is 2. The van der Waals surface area contributed by atoms with E-state index in [1.165, 1.54) is 54.7 Å². The molecule has 0 unspecified atom stereocenters. The molecular weight excluding hydrogens is 351 g/mol. The first kappa shape index (κ1) is 17.9. The van der Waals surface area contributed by atoms with Crippen LogP contribution in [0.5, 0.6) is 11.5 Å². The number of nitro groups is 1. The summed E-state index contributed by atoms with van der Waals surface area (Å²) < 4.78 is 18.4. The Hall–Kier alpha value is -3.87. The summed E-state index contributed by atoms with van der Waals surface area (Å²) >= 11 is 0. The molecule has 0 aliphatic rings. The average molecular weight is 364 g/mol. The van der Waals surface area contributed by atoms with E-state index in [2.05, 4.69) is 4.98 Å². The normalized spacial score (nSPS) is 10.7. The minimum atomic E-state index is -0.584. The molecule has 1 heterocycles. The number of nitrogens with zero attached hydrogens (tertiary/aromatic N) is 2. The van der Waals surface area contributed by atoms with E-state index >= 15 is 0 Å². The van der Waals surface area contributed by atoms with Crippen LogP contribution in [-0.4, -0.2) is 15.7 Å². The molecule has 0 atom stereocenters. The number of pyridine rings is 1. The van der Waals surface area contributed by atoms with Crippen LogP contribution in [0, 0.1) is 15.9 Å². The molecule has 0 N–H and O–H groups in total. The smallest absolute Gasteiger partial charge is 0.312 e. The van der Waals surface area contributed by atoms with Crippen LogP contribution < -0.4 is 4.74 Å². The number of hydrogen-bond acceptors (Lipinski definition) is 5. The molecule has 0 radical (unpaired) electrons. The fraction of sp³-hybridized carbons (Fsp3) is 0. The molecule has 0 aliphatic heterocycles. The van der Waals surface area contributed by atoms with Gasteiger partial charge in [-0.05, 0) is 54.1 Å². The van der Waals surface area contributed by atoms with E-state index in [1.807, 2.05) is 0 Å². The Morgan fingerprint density at radius 3 is 2.59 bits per heavy atom. The van der Waals surface area contributed by atoms with E-state index in [0.29, 0.717) is 11.1 Å². The molecular formula is C20H13FN2O4. The van der Waals surface area contributed by atoms with Crippen molar-refractivity contribution in [2.45, 2.75) is 0 Å². The third kappa shape index (κ3) is 4.60. The van der Waals surface area contributed by atoms with Crippen molar-refractivity contribution >= 4 is 17.5 Å². The van der Waals surface area contributed by atoms with Crippen molar-refractivity contribution in [1.29, 1.82) is 0 Å². The van der Waals surface area contributed by atoms with Gasteiger partial charge >= 0.3 is 5.69 Å². The highest BCUT2D eigenvalue weighted by Gasteiger charge is 2.16. The van der Waals surface area contributed by atoms with Gasteiger partial charge in [-0.1, -0.05) is 12.1 Å². The van der Waals surface area contributed by atoms with Gasteiger partial charge in [0.2, 0.25) is 5.75 Å².